The molecule has 1 saturated heterocycles. The van der Waals surface area contributed by atoms with Crippen molar-refractivity contribution >= 4 is 17.9 Å². The number of allylic oxidation sites excluding steroid dienone is 6. The summed E-state index contributed by atoms with van der Waals surface area (Å²) >= 11 is 0. The maximum atomic E-state index is 13.2. The Bertz CT molecular complexity index is 1240. The second-order valence-corrected chi connectivity index (χ2v) is 8.42. The predicted molar refractivity (Wildman–Crippen MR) is 142 cm³/mol. The van der Waals surface area contributed by atoms with Crippen LogP contribution in [-0.4, -0.2) is 46.7 Å². The molecule has 6 heteroatoms. The summed E-state index contributed by atoms with van der Waals surface area (Å²) in [7, 11) is 2.15. The zero-order valence-electron chi connectivity index (χ0n) is 19.4. The minimum atomic E-state index is -0.247. The Morgan fingerprint density at radius 3 is 2.88 bits per heavy atom. The maximum absolute atomic E-state index is 13.2. The SMILES string of the molecule is C=C/C(=C\C=N)C1=CC=CC(C(=O)Nc2cc(C3CCN(C)CC3)cn2-c2ccccn2)=C=C1.[HH].[HH]. The molecule has 34 heavy (non-hydrogen) atoms. The van der Waals surface area contributed by atoms with Crippen molar-refractivity contribution in [3.05, 3.63) is 108 Å². The van der Waals surface area contributed by atoms with E-state index in [1.807, 2.05) is 34.9 Å². The number of nitrogens with zero attached hydrogens (tertiary/aromatic N) is 3. The van der Waals surface area contributed by atoms with Crippen molar-refractivity contribution in [3.63, 3.8) is 0 Å². The number of piperidine rings is 1. The fourth-order valence-corrected chi connectivity index (χ4v) is 4.21. The van der Waals surface area contributed by atoms with Gasteiger partial charge in [-0.15, -0.1) is 5.73 Å². The minimum Gasteiger partial charge on any atom is -0.309 e. The molecule has 4 rings (SSSR count). The van der Waals surface area contributed by atoms with Gasteiger partial charge in [-0.25, -0.2) is 4.98 Å². The molecule has 2 N–H and O–H groups in total. The number of hydrogen-bond donors (Lipinski definition) is 2. The first-order valence-electron chi connectivity index (χ1n) is 11.4. The summed E-state index contributed by atoms with van der Waals surface area (Å²) in [6, 6.07) is 7.82. The second kappa shape index (κ2) is 10.8. The quantitative estimate of drug-likeness (QED) is 0.331. The number of pyridine rings is 1. The summed E-state index contributed by atoms with van der Waals surface area (Å²) in [5, 5.41) is 10.4. The van der Waals surface area contributed by atoms with E-state index in [9.17, 15) is 4.79 Å². The fraction of sp³-hybridized carbons (Fsp3) is 0.214. The van der Waals surface area contributed by atoms with Crippen LogP contribution in [0.5, 0.6) is 0 Å². The van der Waals surface area contributed by atoms with E-state index in [4.69, 9.17) is 5.41 Å². The van der Waals surface area contributed by atoms with Crippen LogP contribution in [0.25, 0.3) is 5.82 Å². The van der Waals surface area contributed by atoms with E-state index in [1.165, 1.54) is 11.8 Å². The number of likely N-dealkylation sites (tertiary alicyclic amines) is 1. The Hall–Kier alpha value is -3.99. The number of carbonyl (C=O) groups excluding carboxylic acids is 1. The molecule has 176 valence electrons. The van der Waals surface area contributed by atoms with Crippen molar-refractivity contribution < 1.29 is 7.65 Å². The molecular weight excluding hydrogens is 422 g/mol. The lowest BCUT2D eigenvalue weighted by Gasteiger charge is -2.28. The van der Waals surface area contributed by atoms with Gasteiger partial charge in [0.1, 0.15) is 11.6 Å². The van der Waals surface area contributed by atoms with Crippen LogP contribution in [0.4, 0.5) is 5.82 Å². The van der Waals surface area contributed by atoms with Gasteiger partial charge in [-0.2, -0.15) is 0 Å². The highest BCUT2D eigenvalue weighted by Crippen LogP contribution is 2.32. The molecule has 0 radical (unpaired) electrons. The number of rotatable bonds is 7. The number of aromatic nitrogens is 2. The van der Waals surface area contributed by atoms with Gasteiger partial charge in [-0.1, -0.05) is 30.9 Å². The van der Waals surface area contributed by atoms with E-state index in [2.05, 4.69) is 46.8 Å². The molecule has 2 aromatic rings. The largest absolute Gasteiger partial charge is 0.309 e. The fourth-order valence-electron chi connectivity index (χ4n) is 4.21. The monoisotopic (exact) mass is 455 g/mol. The van der Waals surface area contributed by atoms with Crippen LogP contribution in [0.2, 0.25) is 0 Å². The summed E-state index contributed by atoms with van der Waals surface area (Å²) in [4.78, 5) is 20.0. The van der Waals surface area contributed by atoms with Crippen LogP contribution in [-0.2, 0) is 4.79 Å². The van der Waals surface area contributed by atoms with Gasteiger partial charge in [-0.05, 0) is 92.0 Å². The Morgan fingerprint density at radius 1 is 1.35 bits per heavy atom. The van der Waals surface area contributed by atoms with Gasteiger partial charge < -0.3 is 15.6 Å². The molecule has 1 amide bonds. The third-order valence-corrected chi connectivity index (χ3v) is 6.15. The van der Waals surface area contributed by atoms with Gasteiger partial charge in [0.2, 0.25) is 0 Å². The summed E-state index contributed by atoms with van der Waals surface area (Å²) in [6.45, 7) is 5.93. The third kappa shape index (κ3) is 5.31. The van der Waals surface area contributed by atoms with Crippen molar-refractivity contribution in [2.45, 2.75) is 18.8 Å². The van der Waals surface area contributed by atoms with E-state index < -0.39 is 0 Å². The maximum Gasteiger partial charge on any atom is 0.264 e. The average molecular weight is 456 g/mol. The predicted octanol–water partition coefficient (Wildman–Crippen LogP) is 5.45. The lowest BCUT2D eigenvalue weighted by Crippen LogP contribution is -2.29. The Balaban J connectivity index is 0.00000228. The first kappa shape index (κ1) is 23.2. The molecule has 0 spiro atoms. The van der Waals surface area contributed by atoms with E-state index in [1.54, 1.807) is 30.5 Å². The summed E-state index contributed by atoms with van der Waals surface area (Å²) < 4.78 is 1.95. The molecule has 3 heterocycles. The first-order chi connectivity index (χ1) is 16.6. The molecule has 6 nitrogen and oxygen atoms in total. The molecule has 0 unspecified atom stereocenters. The standard InChI is InChI=1S/C28H29N5O.2H2/c1-3-21(12-15-29)22-7-6-8-24(11-10-22)28(34)31-27-19-25(23-13-17-32(2)18-14-23)20-33(27)26-9-4-5-16-30-26;;/h3-10,12,15-16,19-20,23,29H,1,13-14,17-18H2,2H3,(H,31,34);2*1H/b21-12+,29-15?;;. The Kier molecular flexibility index (Phi) is 7.33. The van der Waals surface area contributed by atoms with Crippen LogP contribution in [0, 0.1) is 5.41 Å². The first-order valence-corrected chi connectivity index (χ1v) is 11.4. The van der Waals surface area contributed by atoms with Crippen LogP contribution < -0.4 is 5.32 Å². The molecule has 0 aromatic carbocycles. The highest BCUT2D eigenvalue weighted by atomic mass is 16.1. The number of anilines is 1. The molecule has 0 atom stereocenters. The molecule has 1 aliphatic carbocycles. The van der Waals surface area contributed by atoms with E-state index in [-0.39, 0.29) is 8.76 Å². The third-order valence-electron chi connectivity index (χ3n) is 6.15. The number of nitrogens with one attached hydrogen (secondary N) is 2. The van der Waals surface area contributed by atoms with Crippen molar-refractivity contribution in [3.8, 4) is 5.82 Å². The Morgan fingerprint density at radius 2 is 2.18 bits per heavy atom. The van der Waals surface area contributed by atoms with Crippen molar-refractivity contribution in [2.75, 3.05) is 25.5 Å². The average Bonchev–Trinajstić information content (AvgIpc) is 3.11. The van der Waals surface area contributed by atoms with Crippen LogP contribution >= 0.6 is 0 Å². The molecule has 0 bridgehead atoms. The van der Waals surface area contributed by atoms with E-state index in [0.717, 1.165) is 42.9 Å². The molecular formula is C28H33N5O. The lowest BCUT2D eigenvalue weighted by atomic mass is 9.91. The van der Waals surface area contributed by atoms with Crippen molar-refractivity contribution in [2.24, 2.45) is 0 Å². The van der Waals surface area contributed by atoms with Gasteiger partial charge >= 0.3 is 0 Å². The smallest absolute Gasteiger partial charge is 0.264 e. The summed E-state index contributed by atoms with van der Waals surface area (Å²) in [6.07, 6.45) is 17.7. The lowest BCUT2D eigenvalue weighted by molar-refractivity contribution is -0.112. The summed E-state index contributed by atoms with van der Waals surface area (Å²) in [5.41, 5.74) is 6.34. The molecule has 2 aliphatic rings. The topological polar surface area (TPSA) is 74.0 Å². The summed E-state index contributed by atoms with van der Waals surface area (Å²) in [5.74, 6) is 1.66. The Labute approximate surface area is 203 Å². The van der Waals surface area contributed by atoms with Crippen LogP contribution in [0.3, 0.4) is 0 Å². The highest BCUT2D eigenvalue weighted by molar-refractivity contribution is 6.05. The molecule has 1 fully saturated rings. The highest BCUT2D eigenvalue weighted by Gasteiger charge is 2.22. The van der Waals surface area contributed by atoms with Crippen LogP contribution in [0.15, 0.2) is 102 Å². The van der Waals surface area contributed by atoms with E-state index in [0.29, 0.717) is 17.3 Å². The van der Waals surface area contributed by atoms with Crippen LogP contribution in [0.1, 0.15) is 27.2 Å². The van der Waals surface area contributed by atoms with E-state index >= 15 is 0 Å². The molecule has 1 aliphatic heterocycles. The zero-order chi connectivity index (χ0) is 23.9. The van der Waals surface area contributed by atoms with Gasteiger partial charge in [0.15, 0.2) is 0 Å². The van der Waals surface area contributed by atoms with Crippen molar-refractivity contribution in [1.82, 2.24) is 14.5 Å². The number of carbonyl (C=O) groups is 1. The normalized spacial score (nSPS) is 17.0. The van der Waals surface area contributed by atoms with Gasteiger partial charge in [0.05, 0.1) is 5.57 Å². The van der Waals surface area contributed by atoms with Crippen molar-refractivity contribution in [1.29, 1.82) is 5.41 Å². The minimum absolute atomic E-state index is 0. The van der Waals surface area contributed by atoms with Gasteiger partial charge in [0.25, 0.3) is 5.91 Å². The number of hydrogen-bond acceptors (Lipinski definition) is 4. The molecule has 2 aromatic heterocycles. The second-order valence-electron chi connectivity index (χ2n) is 8.42. The van der Waals surface area contributed by atoms with Gasteiger partial charge in [-0.3, -0.25) is 9.36 Å². The zero-order valence-corrected chi connectivity index (χ0v) is 19.4. The molecule has 0 saturated carbocycles. The van der Waals surface area contributed by atoms with Gasteiger partial charge in [0, 0.05) is 21.5 Å². The number of amides is 1.